The first-order valence-electron chi connectivity index (χ1n) is 9.45. The Bertz CT molecular complexity index is 1070. The van der Waals surface area contributed by atoms with Gasteiger partial charge < -0.3 is 15.7 Å². The number of aliphatic hydroxyl groups is 1. The lowest BCUT2D eigenvalue weighted by Gasteiger charge is -2.17. The summed E-state index contributed by atoms with van der Waals surface area (Å²) in [6.45, 7) is 6.95. The minimum Gasteiger partial charge on any atom is -0.384 e. The van der Waals surface area contributed by atoms with E-state index in [4.69, 9.17) is 0 Å². The molecule has 0 aliphatic carbocycles. The van der Waals surface area contributed by atoms with Crippen molar-refractivity contribution < 1.29 is 18.3 Å². The number of aromatic nitrogens is 5. The third-order valence-corrected chi connectivity index (χ3v) is 3.96. The minimum absolute atomic E-state index is 0.0245. The van der Waals surface area contributed by atoms with Crippen LogP contribution in [0.15, 0.2) is 36.5 Å². The number of halogens is 3. The Morgan fingerprint density at radius 2 is 1.65 bits per heavy atom. The molecule has 0 bridgehead atoms. The summed E-state index contributed by atoms with van der Waals surface area (Å²) >= 11 is 0. The normalized spacial score (nSPS) is 12.2. The highest BCUT2D eigenvalue weighted by atomic mass is 19.4. The van der Waals surface area contributed by atoms with Crippen molar-refractivity contribution in [3.05, 3.63) is 47.9 Å². The fourth-order valence-corrected chi connectivity index (χ4v) is 2.56. The third kappa shape index (κ3) is 5.85. The van der Waals surface area contributed by atoms with Crippen LogP contribution in [0, 0.1) is 0 Å². The first kappa shape index (κ1) is 22.3. The smallest absolute Gasteiger partial charge is 0.384 e. The third-order valence-electron chi connectivity index (χ3n) is 3.96. The molecule has 164 valence electrons. The number of hydrogen-bond acceptors (Lipinski definition) is 8. The van der Waals surface area contributed by atoms with Gasteiger partial charge in [0.05, 0.1) is 5.69 Å². The molecule has 0 radical (unpaired) electrons. The van der Waals surface area contributed by atoms with Gasteiger partial charge >= 0.3 is 6.18 Å². The Labute approximate surface area is 177 Å². The second-order valence-electron chi connectivity index (χ2n) is 7.62. The van der Waals surface area contributed by atoms with Crippen LogP contribution in [0.1, 0.15) is 39.1 Å². The number of alkyl halides is 3. The van der Waals surface area contributed by atoms with E-state index in [2.05, 4.69) is 35.6 Å². The fraction of sp³-hybridized carbons (Fsp3) is 0.350. The van der Waals surface area contributed by atoms with Crippen molar-refractivity contribution >= 4 is 17.6 Å². The van der Waals surface area contributed by atoms with E-state index in [9.17, 15) is 18.3 Å². The zero-order valence-corrected chi connectivity index (χ0v) is 17.4. The van der Waals surface area contributed by atoms with E-state index in [0.717, 1.165) is 6.07 Å². The second-order valence-corrected chi connectivity index (χ2v) is 7.62. The van der Waals surface area contributed by atoms with Gasteiger partial charge in [-0.1, -0.05) is 6.07 Å². The molecule has 3 heterocycles. The highest BCUT2D eigenvalue weighted by Crippen LogP contribution is 2.29. The van der Waals surface area contributed by atoms with E-state index in [0.29, 0.717) is 11.4 Å². The molecule has 0 saturated heterocycles. The Morgan fingerprint density at radius 1 is 0.935 bits per heavy atom. The van der Waals surface area contributed by atoms with Crippen molar-refractivity contribution in [2.45, 2.75) is 45.5 Å². The summed E-state index contributed by atoms with van der Waals surface area (Å²) in [5.41, 5.74) is -1.28. The molecule has 31 heavy (non-hydrogen) atoms. The minimum atomic E-state index is -4.59. The molecular formula is C20H22F3N7O. The van der Waals surface area contributed by atoms with Gasteiger partial charge in [0.25, 0.3) is 0 Å². The molecule has 8 nitrogen and oxygen atoms in total. The van der Waals surface area contributed by atoms with E-state index in [1.165, 1.54) is 18.3 Å². The van der Waals surface area contributed by atoms with E-state index >= 15 is 0 Å². The molecule has 0 aliphatic heterocycles. The zero-order chi connectivity index (χ0) is 22.8. The summed E-state index contributed by atoms with van der Waals surface area (Å²) in [7, 11) is 0. The molecule has 0 unspecified atom stereocenters. The van der Waals surface area contributed by atoms with Crippen LogP contribution in [0.3, 0.4) is 0 Å². The van der Waals surface area contributed by atoms with E-state index in [-0.39, 0.29) is 29.5 Å². The van der Waals surface area contributed by atoms with Crippen molar-refractivity contribution in [1.29, 1.82) is 0 Å². The molecule has 11 heteroatoms. The summed E-state index contributed by atoms with van der Waals surface area (Å²) in [6.07, 6.45) is -3.08. The SMILES string of the molecule is CC(C)Nc1nc(Nc2ccnc(C(C)(C)O)c2)nc(-c2cccc(C(F)(F)F)n2)n1. The monoisotopic (exact) mass is 433 g/mol. The van der Waals surface area contributed by atoms with E-state index < -0.39 is 17.5 Å². The number of pyridine rings is 2. The van der Waals surface area contributed by atoms with Gasteiger partial charge in [-0.05, 0) is 52.0 Å². The van der Waals surface area contributed by atoms with Crippen LogP contribution < -0.4 is 10.6 Å². The first-order chi connectivity index (χ1) is 14.4. The van der Waals surface area contributed by atoms with Gasteiger partial charge in [0.1, 0.15) is 17.0 Å². The van der Waals surface area contributed by atoms with Crippen LogP contribution in [-0.2, 0) is 11.8 Å². The Morgan fingerprint density at radius 3 is 2.29 bits per heavy atom. The van der Waals surface area contributed by atoms with Crippen molar-refractivity contribution in [2.75, 3.05) is 10.6 Å². The van der Waals surface area contributed by atoms with Crippen LogP contribution >= 0.6 is 0 Å². The van der Waals surface area contributed by atoms with Crippen LogP contribution in [0.2, 0.25) is 0 Å². The maximum Gasteiger partial charge on any atom is 0.433 e. The Balaban J connectivity index is 2.02. The Kier molecular flexibility index (Phi) is 6.07. The summed E-state index contributed by atoms with van der Waals surface area (Å²) in [5.74, 6) is 0.252. The standard InChI is InChI=1S/C20H22F3N7O/c1-11(2)25-17-28-16(13-6-5-7-14(27-13)20(21,22)23)29-18(30-17)26-12-8-9-24-15(10-12)19(3,4)31/h5-11,31H,1-4H3,(H2,24,25,26,28,29,30). The average Bonchev–Trinajstić information content (AvgIpc) is 2.66. The van der Waals surface area contributed by atoms with Crippen molar-refractivity contribution in [2.24, 2.45) is 0 Å². The number of nitrogens with one attached hydrogen (secondary N) is 2. The van der Waals surface area contributed by atoms with E-state index in [1.807, 2.05) is 13.8 Å². The van der Waals surface area contributed by atoms with Crippen molar-refractivity contribution in [3.63, 3.8) is 0 Å². The maximum absolute atomic E-state index is 13.1. The molecular weight excluding hydrogens is 411 g/mol. The zero-order valence-electron chi connectivity index (χ0n) is 17.4. The molecule has 0 spiro atoms. The molecule has 0 aliphatic rings. The van der Waals surface area contributed by atoms with Crippen molar-refractivity contribution in [3.8, 4) is 11.5 Å². The molecule has 3 aromatic rings. The van der Waals surface area contributed by atoms with Gasteiger partial charge in [-0.25, -0.2) is 4.98 Å². The van der Waals surface area contributed by atoms with Crippen LogP contribution in [0.4, 0.5) is 30.8 Å². The number of rotatable bonds is 6. The van der Waals surface area contributed by atoms with Crippen LogP contribution in [-0.4, -0.2) is 36.1 Å². The largest absolute Gasteiger partial charge is 0.433 e. The molecule has 3 aromatic heterocycles. The number of hydrogen-bond donors (Lipinski definition) is 3. The highest BCUT2D eigenvalue weighted by molar-refractivity contribution is 5.59. The van der Waals surface area contributed by atoms with Crippen molar-refractivity contribution in [1.82, 2.24) is 24.9 Å². The summed E-state index contributed by atoms with van der Waals surface area (Å²) in [5, 5.41) is 16.2. The van der Waals surface area contributed by atoms with Gasteiger partial charge in [0.15, 0.2) is 5.82 Å². The summed E-state index contributed by atoms with van der Waals surface area (Å²) in [6, 6.07) is 6.77. The topological polar surface area (TPSA) is 109 Å². The maximum atomic E-state index is 13.1. The average molecular weight is 433 g/mol. The van der Waals surface area contributed by atoms with E-state index in [1.54, 1.807) is 26.0 Å². The molecule has 0 aromatic carbocycles. The predicted octanol–water partition coefficient (Wildman–Crippen LogP) is 4.14. The van der Waals surface area contributed by atoms with Gasteiger partial charge in [-0.15, -0.1) is 0 Å². The first-order valence-corrected chi connectivity index (χ1v) is 9.45. The Hall–Kier alpha value is -3.34. The molecule has 0 amide bonds. The molecule has 0 atom stereocenters. The molecule has 0 fully saturated rings. The van der Waals surface area contributed by atoms with Gasteiger partial charge in [-0.3, -0.25) is 4.98 Å². The lowest BCUT2D eigenvalue weighted by molar-refractivity contribution is -0.141. The lowest BCUT2D eigenvalue weighted by Crippen LogP contribution is -2.17. The second kappa shape index (κ2) is 8.42. The summed E-state index contributed by atoms with van der Waals surface area (Å²) < 4.78 is 39.2. The predicted molar refractivity (Wildman–Crippen MR) is 110 cm³/mol. The number of nitrogens with zero attached hydrogens (tertiary/aromatic N) is 5. The van der Waals surface area contributed by atoms with Gasteiger partial charge in [0, 0.05) is 17.9 Å². The lowest BCUT2D eigenvalue weighted by atomic mass is 10.0. The molecule has 3 N–H and O–H groups in total. The van der Waals surface area contributed by atoms with Gasteiger partial charge in [0.2, 0.25) is 11.9 Å². The fourth-order valence-electron chi connectivity index (χ4n) is 2.56. The van der Waals surface area contributed by atoms with Crippen LogP contribution in [0.5, 0.6) is 0 Å². The summed E-state index contributed by atoms with van der Waals surface area (Å²) in [4.78, 5) is 20.5. The number of anilines is 3. The highest BCUT2D eigenvalue weighted by Gasteiger charge is 2.32. The van der Waals surface area contributed by atoms with Crippen LogP contribution in [0.25, 0.3) is 11.5 Å². The molecule has 3 rings (SSSR count). The molecule has 0 saturated carbocycles. The quantitative estimate of drug-likeness (QED) is 0.532. The van der Waals surface area contributed by atoms with Gasteiger partial charge in [-0.2, -0.15) is 28.1 Å².